The highest BCUT2D eigenvalue weighted by molar-refractivity contribution is 5.37. The second-order valence-electron chi connectivity index (χ2n) is 5.63. The van der Waals surface area contributed by atoms with Crippen LogP contribution >= 0.6 is 0 Å². The number of fused-ring (bicyclic) bond motifs is 1. The van der Waals surface area contributed by atoms with E-state index >= 15 is 0 Å². The Balaban J connectivity index is 1.89. The Morgan fingerprint density at radius 2 is 2.16 bits per heavy atom. The van der Waals surface area contributed by atoms with Crippen LogP contribution in [0.5, 0.6) is 0 Å². The molecule has 5 nitrogen and oxygen atoms in total. The number of H-pyrrole nitrogens is 1. The van der Waals surface area contributed by atoms with Crippen LogP contribution in [0, 0.1) is 17.3 Å². The molecule has 0 unspecified atom stereocenters. The van der Waals surface area contributed by atoms with Crippen molar-refractivity contribution in [1.29, 1.82) is 0 Å². The summed E-state index contributed by atoms with van der Waals surface area (Å²) in [5.41, 5.74) is 3.63. The van der Waals surface area contributed by atoms with Crippen molar-refractivity contribution in [3.63, 3.8) is 0 Å². The molecule has 19 heavy (non-hydrogen) atoms. The molecule has 0 atom stereocenters. The zero-order valence-corrected chi connectivity index (χ0v) is 11.1. The molecule has 0 aromatic carbocycles. The molecule has 2 aromatic rings. The number of nitrogens with zero attached hydrogens (tertiary/aromatic N) is 4. The van der Waals surface area contributed by atoms with Gasteiger partial charge in [0.1, 0.15) is 5.69 Å². The highest BCUT2D eigenvalue weighted by atomic mass is 15.5. The first-order chi connectivity index (χ1) is 9.12. The van der Waals surface area contributed by atoms with Gasteiger partial charge in [0.05, 0.1) is 0 Å². The normalized spacial score (nSPS) is 16.3. The van der Waals surface area contributed by atoms with Crippen molar-refractivity contribution in [2.45, 2.75) is 33.1 Å². The van der Waals surface area contributed by atoms with Crippen molar-refractivity contribution in [3.05, 3.63) is 34.9 Å². The first kappa shape index (κ1) is 11.8. The van der Waals surface area contributed by atoms with Gasteiger partial charge in [0, 0.05) is 5.69 Å². The van der Waals surface area contributed by atoms with Crippen molar-refractivity contribution in [2.75, 3.05) is 0 Å². The molecule has 0 fully saturated rings. The Labute approximate surface area is 111 Å². The van der Waals surface area contributed by atoms with Gasteiger partial charge in [-0.05, 0) is 53.4 Å². The van der Waals surface area contributed by atoms with Crippen LogP contribution in [0.3, 0.4) is 0 Å². The van der Waals surface area contributed by atoms with Gasteiger partial charge in [-0.3, -0.25) is 0 Å². The Morgan fingerprint density at radius 1 is 1.26 bits per heavy atom. The van der Waals surface area contributed by atoms with Crippen LogP contribution in [0.2, 0.25) is 0 Å². The number of nitrogens with one attached hydrogen (secondary N) is 1. The first-order valence-corrected chi connectivity index (χ1v) is 6.37. The van der Waals surface area contributed by atoms with Crippen molar-refractivity contribution < 1.29 is 0 Å². The van der Waals surface area contributed by atoms with Gasteiger partial charge in [0.2, 0.25) is 5.82 Å². The van der Waals surface area contributed by atoms with E-state index in [0.29, 0.717) is 11.2 Å². The zero-order valence-electron chi connectivity index (χ0n) is 11.1. The van der Waals surface area contributed by atoms with E-state index in [9.17, 15) is 0 Å². The monoisotopic (exact) mass is 253 g/mol. The number of tetrazole rings is 1. The van der Waals surface area contributed by atoms with E-state index < -0.39 is 0 Å². The first-order valence-electron chi connectivity index (χ1n) is 6.37. The lowest BCUT2D eigenvalue weighted by atomic mass is 9.76. The summed E-state index contributed by atoms with van der Waals surface area (Å²) in [6.07, 6.45) is 3.34. The van der Waals surface area contributed by atoms with E-state index in [1.54, 1.807) is 0 Å². The lowest BCUT2D eigenvalue weighted by Crippen LogP contribution is -2.23. The molecule has 96 valence electrons. The minimum Gasteiger partial charge on any atom is -0.244 e. The number of hydrogen-bond acceptors (Lipinski definition) is 4. The van der Waals surface area contributed by atoms with Gasteiger partial charge in [-0.15, -0.1) is 5.10 Å². The maximum Gasteiger partial charge on any atom is 0.247 e. The molecular weight excluding hydrogens is 238 g/mol. The number of aromatic amines is 1. The SMILES string of the molecule is CC1(C)CCc2ccc(C#Cc3nn[nH]n3)nc2C1. The van der Waals surface area contributed by atoms with Crippen LogP contribution in [0.15, 0.2) is 12.1 Å². The van der Waals surface area contributed by atoms with Gasteiger partial charge in [0.25, 0.3) is 0 Å². The third-order valence-electron chi connectivity index (χ3n) is 3.43. The van der Waals surface area contributed by atoms with Crippen molar-refractivity contribution in [3.8, 4) is 11.8 Å². The highest BCUT2D eigenvalue weighted by Gasteiger charge is 2.25. The molecule has 5 heteroatoms. The average Bonchev–Trinajstić information content (AvgIpc) is 2.88. The Hall–Kier alpha value is -2.22. The van der Waals surface area contributed by atoms with Crippen molar-refractivity contribution in [1.82, 2.24) is 25.6 Å². The van der Waals surface area contributed by atoms with Gasteiger partial charge < -0.3 is 0 Å². The van der Waals surface area contributed by atoms with E-state index in [2.05, 4.69) is 57.4 Å². The van der Waals surface area contributed by atoms with Crippen LogP contribution in [0.25, 0.3) is 0 Å². The Bertz CT molecular complexity index is 646. The number of rotatable bonds is 0. The fourth-order valence-corrected chi connectivity index (χ4v) is 2.33. The Morgan fingerprint density at radius 3 is 2.95 bits per heavy atom. The molecule has 0 saturated heterocycles. The van der Waals surface area contributed by atoms with E-state index in [1.165, 1.54) is 17.7 Å². The van der Waals surface area contributed by atoms with Gasteiger partial charge in [0.15, 0.2) is 0 Å². The number of aromatic nitrogens is 5. The molecule has 0 amide bonds. The molecule has 2 aromatic heterocycles. The summed E-state index contributed by atoms with van der Waals surface area (Å²) >= 11 is 0. The molecule has 1 N–H and O–H groups in total. The second-order valence-corrected chi connectivity index (χ2v) is 5.63. The summed E-state index contributed by atoms with van der Waals surface area (Å²) in [5.74, 6) is 6.21. The minimum absolute atomic E-state index is 0.333. The van der Waals surface area contributed by atoms with Crippen LogP contribution < -0.4 is 0 Å². The standard InChI is InChI=1S/C14H15N5/c1-14(2)8-7-10-3-4-11(15-12(10)9-14)5-6-13-16-18-19-17-13/h3-4H,7-9H2,1-2H3,(H,16,17,18,19). The van der Waals surface area contributed by atoms with Gasteiger partial charge in [-0.25, -0.2) is 4.98 Å². The second kappa shape index (κ2) is 4.47. The third-order valence-corrected chi connectivity index (χ3v) is 3.43. The van der Waals surface area contributed by atoms with Gasteiger partial charge >= 0.3 is 0 Å². The molecule has 1 aliphatic rings. The summed E-state index contributed by atoms with van der Waals surface area (Å²) in [6, 6.07) is 4.10. The molecule has 0 spiro atoms. The van der Waals surface area contributed by atoms with Crippen molar-refractivity contribution in [2.24, 2.45) is 5.41 Å². The predicted molar refractivity (Wildman–Crippen MR) is 70.2 cm³/mol. The zero-order chi connectivity index (χ0) is 13.3. The van der Waals surface area contributed by atoms with Gasteiger partial charge in [-0.2, -0.15) is 5.21 Å². The van der Waals surface area contributed by atoms with Gasteiger partial charge in [-0.1, -0.05) is 25.0 Å². The molecule has 0 bridgehead atoms. The van der Waals surface area contributed by atoms with E-state index in [4.69, 9.17) is 0 Å². The number of pyridine rings is 1. The predicted octanol–water partition coefficient (Wildman–Crippen LogP) is 1.51. The third kappa shape index (κ3) is 2.63. The fraction of sp³-hybridized carbons (Fsp3) is 0.429. The summed E-state index contributed by atoms with van der Waals surface area (Å²) in [6.45, 7) is 4.57. The summed E-state index contributed by atoms with van der Waals surface area (Å²) in [7, 11) is 0. The van der Waals surface area contributed by atoms with Crippen LogP contribution in [0.1, 0.15) is 43.0 Å². The topological polar surface area (TPSA) is 67.3 Å². The van der Waals surface area contributed by atoms with Crippen molar-refractivity contribution >= 4 is 0 Å². The maximum absolute atomic E-state index is 4.65. The molecule has 0 aliphatic heterocycles. The molecule has 0 saturated carbocycles. The van der Waals surface area contributed by atoms with E-state index in [0.717, 1.165) is 18.5 Å². The number of hydrogen-bond donors (Lipinski definition) is 1. The molecule has 0 radical (unpaired) electrons. The lowest BCUT2D eigenvalue weighted by molar-refractivity contribution is 0.310. The summed E-state index contributed by atoms with van der Waals surface area (Å²) in [5, 5.41) is 13.4. The number of aryl methyl sites for hydroxylation is 1. The van der Waals surface area contributed by atoms with E-state index in [-0.39, 0.29) is 0 Å². The quantitative estimate of drug-likeness (QED) is 0.723. The lowest BCUT2D eigenvalue weighted by Gasteiger charge is -2.30. The summed E-state index contributed by atoms with van der Waals surface area (Å²) in [4.78, 5) is 4.65. The minimum atomic E-state index is 0.333. The molecule has 1 aliphatic carbocycles. The smallest absolute Gasteiger partial charge is 0.244 e. The average molecular weight is 253 g/mol. The van der Waals surface area contributed by atoms with Crippen LogP contribution in [-0.2, 0) is 12.8 Å². The molecule has 3 rings (SSSR count). The largest absolute Gasteiger partial charge is 0.247 e. The molecular formula is C14H15N5. The van der Waals surface area contributed by atoms with Crippen LogP contribution in [0.4, 0.5) is 0 Å². The Kier molecular flexibility index (Phi) is 2.79. The highest BCUT2D eigenvalue weighted by Crippen LogP contribution is 2.33. The molecule has 2 heterocycles. The maximum atomic E-state index is 4.65. The fourth-order valence-electron chi connectivity index (χ4n) is 2.33. The summed E-state index contributed by atoms with van der Waals surface area (Å²) < 4.78 is 0. The van der Waals surface area contributed by atoms with E-state index in [1.807, 2.05) is 6.07 Å². The van der Waals surface area contributed by atoms with Crippen LogP contribution in [-0.4, -0.2) is 25.6 Å².